The van der Waals surface area contributed by atoms with Gasteiger partial charge in [0.15, 0.2) is 0 Å². The first-order chi connectivity index (χ1) is 9.15. The van der Waals surface area contributed by atoms with Crippen molar-refractivity contribution in [3.8, 4) is 0 Å². The zero-order valence-electron chi connectivity index (χ0n) is 11.7. The number of nitrogens with one attached hydrogen (secondary N) is 1. The zero-order chi connectivity index (χ0) is 13.7. The summed E-state index contributed by atoms with van der Waals surface area (Å²) >= 11 is 0. The normalized spacial score (nSPS) is 20.2. The molecule has 1 atom stereocenters. The van der Waals surface area contributed by atoms with Crippen LogP contribution in [0.4, 0.5) is 5.82 Å². The van der Waals surface area contributed by atoms with Gasteiger partial charge in [-0.2, -0.15) is 5.10 Å². The van der Waals surface area contributed by atoms with Gasteiger partial charge in [0.05, 0.1) is 5.69 Å². The molecule has 1 aromatic rings. The lowest BCUT2D eigenvalue weighted by molar-refractivity contribution is -0.116. The first-order valence-electron chi connectivity index (χ1n) is 6.90. The van der Waals surface area contributed by atoms with Crippen LogP contribution in [0.5, 0.6) is 0 Å². The topological polar surface area (TPSA) is 58.1 Å². The SMILES string of the molecule is CC(=O)CCNc1ccc(C2CCCN(C)C2)nn1. The molecular weight excluding hydrogens is 240 g/mol. The molecule has 0 aromatic carbocycles. The van der Waals surface area contributed by atoms with Crippen molar-refractivity contribution in [1.29, 1.82) is 0 Å². The van der Waals surface area contributed by atoms with Crippen molar-refractivity contribution in [3.05, 3.63) is 17.8 Å². The fraction of sp³-hybridized carbons (Fsp3) is 0.643. The van der Waals surface area contributed by atoms with Crippen LogP contribution in [0.15, 0.2) is 12.1 Å². The second-order valence-electron chi connectivity index (χ2n) is 5.32. The van der Waals surface area contributed by atoms with Crippen LogP contribution < -0.4 is 5.32 Å². The fourth-order valence-corrected chi connectivity index (χ4v) is 2.43. The average Bonchev–Trinajstić information content (AvgIpc) is 2.39. The molecule has 5 heteroatoms. The molecule has 2 heterocycles. The van der Waals surface area contributed by atoms with E-state index in [2.05, 4.69) is 27.5 Å². The van der Waals surface area contributed by atoms with Gasteiger partial charge in [-0.3, -0.25) is 4.79 Å². The highest BCUT2D eigenvalue weighted by Gasteiger charge is 2.20. The largest absolute Gasteiger partial charge is 0.368 e. The smallest absolute Gasteiger partial charge is 0.148 e. The van der Waals surface area contributed by atoms with E-state index in [1.165, 1.54) is 19.4 Å². The van der Waals surface area contributed by atoms with Gasteiger partial charge in [-0.15, -0.1) is 5.10 Å². The van der Waals surface area contributed by atoms with E-state index in [9.17, 15) is 4.79 Å². The first kappa shape index (κ1) is 13.9. The third kappa shape index (κ3) is 4.28. The summed E-state index contributed by atoms with van der Waals surface area (Å²) in [4.78, 5) is 13.2. The number of carbonyl (C=O) groups is 1. The van der Waals surface area contributed by atoms with Crippen LogP contribution >= 0.6 is 0 Å². The molecule has 0 bridgehead atoms. The Morgan fingerprint density at radius 3 is 2.95 bits per heavy atom. The van der Waals surface area contributed by atoms with E-state index in [1.54, 1.807) is 6.92 Å². The monoisotopic (exact) mass is 262 g/mol. The summed E-state index contributed by atoms with van der Waals surface area (Å²) in [5, 5.41) is 11.6. The van der Waals surface area contributed by atoms with E-state index in [-0.39, 0.29) is 5.78 Å². The molecule has 1 fully saturated rings. The molecule has 1 N–H and O–H groups in total. The van der Waals surface area contributed by atoms with Crippen molar-refractivity contribution in [1.82, 2.24) is 15.1 Å². The molecule has 1 unspecified atom stereocenters. The summed E-state index contributed by atoms with van der Waals surface area (Å²) in [5.41, 5.74) is 1.07. The molecule has 0 spiro atoms. The van der Waals surface area contributed by atoms with Crippen LogP contribution in [0, 0.1) is 0 Å². The molecule has 0 saturated carbocycles. The van der Waals surface area contributed by atoms with Crippen molar-refractivity contribution in [2.45, 2.75) is 32.1 Å². The standard InChI is InChI=1S/C14H22N4O/c1-11(19)7-8-15-14-6-5-13(16-17-14)12-4-3-9-18(2)10-12/h5-6,12H,3-4,7-10H2,1-2H3,(H,15,17). The molecule has 19 heavy (non-hydrogen) atoms. The molecule has 2 rings (SSSR count). The van der Waals surface area contributed by atoms with E-state index in [1.807, 2.05) is 12.1 Å². The quantitative estimate of drug-likeness (QED) is 0.875. The van der Waals surface area contributed by atoms with E-state index in [0.717, 1.165) is 18.1 Å². The maximum Gasteiger partial charge on any atom is 0.148 e. The Kier molecular flexibility index (Phi) is 4.85. The molecular formula is C14H22N4O. The Labute approximate surface area is 114 Å². The third-order valence-corrected chi connectivity index (χ3v) is 3.51. The zero-order valence-corrected chi connectivity index (χ0v) is 11.7. The van der Waals surface area contributed by atoms with Gasteiger partial charge in [0.25, 0.3) is 0 Å². The summed E-state index contributed by atoms with van der Waals surface area (Å²) in [5.74, 6) is 1.43. The van der Waals surface area contributed by atoms with Gasteiger partial charge in [0.1, 0.15) is 11.6 Å². The van der Waals surface area contributed by atoms with Crippen molar-refractivity contribution in [2.24, 2.45) is 0 Å². The molecule has 1 aliphatic rings. The van der Waals surface area contributed by atoms with Crippen LogP contribution in [-0.4, -0.2) is 47.6 Å². The van der Waals surface area contributed by atoms with E-state index >= 15 is 0 Å². The molecule has 0 amide bonds. The van der Waals surface area contributed by atoms with Crippen LogP contribution in [0.1, 0.15) is 37.8 Å². The maximum absolute atomic E-state index is 10.8. The number of Topliss-reactive ketones (excluding diaryl/α,β-unsaturated/α-hetero) is 1. The highest BCUT2D eigenvalue weighted by molar-refractivity contribution is 5.75. The summed E-state index contributed by atoms with van der Waals surface area (Å²) in [6.45, 7) is 4.45. The molecule has 104 valence electrons. The minimum Gasteiger partial charge on any atom is -0.368 e. The molecule has 1 aromatic heterocycles. The van der Waals surface area contributed by atoms with E-state index < -0.39 is 0 Å². The lowest BCUT2D eigenvalue weighted by Gasteiger charge is -2.28. The lowest BCUT2D eigenvalue weighted by Crippen LogP contribution is -2.31. The van der Waals surface area contributed by atoms with E-state index in [4.69, 9.17) is 0 Å². The number of aromatic nitrogens is 2. The summed E-state index contributed by atoms with van der Waals surface area (Å²) in [6, 6.07) is 4.00. The number of hydrogen-bond acceptors (Lipinski definition) is 5. The number of hydrogen-bond donors (Lipinski definition) is 1. The Morgan fingerprint density at radius 2 is 2.32 bits per heavy atom. The summed E-state index contributed by atoms with van der Waals surface area (Å²) < 4.78 is 0. The van der Waals surface area contributed by atoms with Gasteiger partial charge in [0, 0.05) is 25.4 Å². The second kappa shape index (κ2) is 6.61. The number of likely N-dealkylation sites (N-methyl/N-ethyl adjacent to an activating group) is 1. The van der Waals surface area contributed by atoms with Gasteiger partial charge in [0.2, 0.25) is 0 Å². The van der Waals surface area contributed by atoms with E-state index in [0.29, 0.717) is 18.9 Å². The number of ketones is 1. The van der Waals surface area contributed by atoms with Gasteiger partial charge in [-0.1, -0.05) is 0 Å². The minimum atomic E-state index is 0.183. The Bertz CT molecular complexity index is 418. The van der Waals surface area contributed by atoms with Crippen molar-refractivity contribution in [3.63, 3.8) is 0 Å². The first-order valence-corrected chi connectivity index (χ1v) is 6.90. The Morgan fingerprint density at radius 1 is 1.47 bits per heavy atom. The molecule has 1 aliphatic heterocycles. The van der Waals surface area contributed by atoms with Crippen molar-refractivity contribution >= 4 is 11.6 Å². The van der Waals surface area contributed by atoms with Crippen molar-refractivity contribution < 1.29 is 4.79 Å². The number of likely N-dealkylation sites (tertiary alicyclic amines) is 1. The van der Waals surface area contributed by atoms with Gasteiger partial charge in [-0.05, 0) is 45.5 Å². The summed E-state index contributed by atoms with van der Waals surface area (Å²) in [7, 11) is 2.15. The molecule has 0 aliphatic carbocycles. The van der Waals surface area contributed by atoms with Crippen LogP contribution in [-0.2, 0) is 4.79 Å². The highest BCUT2D eigenvalue weighted by Crippen LogP contribution is 2.24. The third-order valence-electron chi connectivity index (χ3n) is 3.51. The predicted molar refractivity (Wildman–Crippen MR) is 75.3 cm³/mol. The van der Waals surface area contributed by atoms with Gasteiger partial charge in [-0.25, -0.2) is 0 Å². The number of piperidine rings is 1. The summed E-state index contributed by atoms with van der Waals surface area (Å²) in [6.07, 6.45) is 2.94. The minimum absolute atomic E-state index is 0.183. The van der Waals surface area contributed by atoms with Crippen LogP contribution in [0.2, 0.25) is 0 Å². The maximum atomic E-state index is 10.8. The Balaban J connectivity index is 1.88. The highest BCUT2D eigenvalue weighted by atomic mass is 16.1. The van der Waals surface area contributed by atoms with Crippen molar-refractivity contribution in [2.75, 3.05) is 32.0 Å². The number of anilines is 1. The average molecular weight is 262 g/mol. The van der Waals surface area contributed by atoms with Crippen LogP contribution in [0.3, 0.4) is 0 Å². The molecule has 5 nitrogen and oxygen atoms in total. The van der Waals surface area contributed by atoms with Gasteiger partial charge < -0.3 is 10.2 Å². The fourth-order valence-electron chi connectivity index (χ4n) is 2.43. The molecule has 0 radical (unpaired) electrons. The number of nitrogens with zero attached hydrogens (tertiary/aromatic N) is 3. The van der Waals surface area contributed by atoms with Crippen LogP contribution in [0.25, 0.3) is 0 Å². The second-order valence-corrected chi connectivity index (χ2v) is 5.32. The van der Waals surface area contributed by atoms with Gasteiger partial charge >= 0.3 is 0 Å². The predicted octanol–water partition coefficient (Wildman–Crippen LogP) is 1.68. The lowest BCUT2D eigenvalue weighted by atomic mass is 9.95. The number of carbonyl (C=O) groups excluding carboxylic acids is 1. The Hall–Kier alpha value is -1.49. The molecule has 1 saturated heterocycles. The number of rotatable bonds is 5.